The Kier molecular flexibility index (Phi) is 29.6. The number of carbonyl (C=O) groups is 5. The number of hydrogen-bond donors (Lipinski definition) is 7. The van der Waals surface area contributed by atoms with Crippen LogP contribution in [0.25, 0.3) is 0 Å². The Morgan fingerprint density at radius 2 is 0.739 bits per heavy atom. The van der Waals surface area contributed by atoms with E-state index in [1.54, 1.807) is 0 Å². The van der Waals surface area contributed by atoms with Crippen molar-refractivity contribution in [3.05, 3.63) is 213 Å². The molecule has 3 aliphatic heterocycles. The molecule has 115 heavy (non-hydrogen) atoms. The van der Waals surface area contributed by atoms with Crippen LogP contribution in [0.5, 0.6) is 40.2 Å². The van der Waals surface area contributed by atoms with Gasteiger partial charge >= 0.3 is 0 Å². The van der Waals surface area contributed by atoms with Crippen LogP contribution in [0.4, 0.5) is 35.1 Å². The van der Waals surface area contributed by atoms with Gasteiger partial charge in [0.25, 0.3) is 23.6 Å². The number of hydrogen-bond acceptors (Lipinski definition) is 21. The van der Waals surface area contributed by atoms with Crippen LogP contribution in [0.2, 0.25) is 15.1 Å². The van der Waals surface area contributed by atoms with Crippen LogP contribution >= 0.6 is 34.8 Å². The lowest BCUT2D eigenvalue weighted by Gasteiger charge is -2.39. The second-order valence-electron chi connectivity index (χ2n) is 24.9. The number of aromatic nitrogens is 1. The summed E-state index contributed by atoms with van der Waals surface area (Å²) in [5, 5.41) is 37.9. The molecular formula is C70H65Cl3F8N10O20S4. The quantitative estimate of drug-likeness (QED) is 0.0135. The molecule has 4 heterocycles. The lowest BCUT2D eigenvalue weighted by molar-refractivity contribution is -0.140. The molecule has 8 aromatic rings. The van der Waals surface area contributed by atoms with Crippen molar-refractivity contribution in [2.75, 3.05) is 58.9 Å². The van der Waals surface area contributed by atoms with Gasteiger partial charge in [0.2, 0.25) is 46.0 Å². The first-order valence-electron chi connectivity index (χ1n) is 33.7. The molecule has 1 aromatic heterocycles. The number of amides is 5. The van der Waals surface area contributed by atoms with Crippen molar-refractivity contribution in [1.29, 1.82) is 0 Å². The van der Waals surface area contributed by atoms with Crippen molar-refractivity contribution in [2.24, 2.45) is 0 Å². The predicted molar refractivity (Wildman–Crippen MR) is 389 cm³/mol. The smallest absolute Gasteiger partial charge is 0.263 e. The highest BCUT2D eigenvalue weighted by atomic mass is 35.5. The fourth-order valence-corrected chi connectivity index (χ4v) is 18.3. The Bertz CT molecular complexity index is 5340. The predicted octanol–water partition coefficient (Wildman–Crippen LogP) is 9.88. The van der Waals surface area contributed by atoms with Crippen molar-refractivity contribution >= 4 is 104 Å². The molecule has 0 unspecified atom stereocenters. The summed E-state index contributed by atoms with van der Waals surface area (Å²) in [6, 6.07) is 18.3. The van der Waals surface area contributed by atoms with E-state index in [9.17, 15) is 113 Å². The highest BCUT2D eigenvalue weighted by Gasteiger charge is 2.47. The van der Waals surface area contributed by atoms with Crippen molar-refractivity contribution in [2.45, 2.75) is 76.7 Å². The van der Waals surface area contributed by atoms with E-state index in [0.29, 0.717) is 87.2 Å². The third kappa shape index (κ3) is 21.0. The number of piperazine rings is 3. The third-order valence-corrected chi connectivity index (χ3v) is 25.7. The molecule has 0 spiro atoms. The maximum Gasteiger partial charge on any atom is 0.263 e. The summed E-state index contributed by atoms with van der Waals surface area (Å²) in [5.74, 6) is -19.5. The van der Waals surface area contributed by atoms with Crippen LogP contribution in [0.3, 0.4) is 0 Å². The Morgan fingerprint density at radius 3 is 1.09 bits per heavy atom. The number of aromatic hydroxyl groups is 1. The fourth-order valence-electron chi connectivity index (χ4n) is 11.6. The summed E-state index contributed by atoms with van der Waals surface area (Å²) in [5.41, 5.74) is 4.24. The minimum absolute atomic E-state index is 0.0202. The van der Waals surface area contributed by atoms with E-state index in [0.717, 1.165) is 19.3 Å². The summed E-state index contributed by atoms with van der Waals surface area (Å²) in [6.07, 6.45) is 6.54. The molecular weight excluding hydrogens is 1690 g/mol. The number of rotatable bonds is 23. The van der Waals surface area contributed by atoms with Gasteiger partial charge in [0.05, 0.1) is 19.6 Å². The van der Waals surface area contributed by atoms with Gasteiger partial charge in [-0.1, -0.05) is 61.0 Å². The van der Waals surface area contributed by atoms with E-state index in [-0.39, 0.29) is 67.9 Å². The Balaban J connectivity index is 0.000000198. The first kappa shape index (κ1) is 89.0. The number of nitrogens with zero attached hydrogens (tertiary/aromatic N) is 7. The fraction of sp³-hybridized carbons (Fsp3) is 0.257. The second-order valence-corrected chi connectivity index (χ2v) is 33.8. The molecule has 3 atom stereocenters. The lowest BCUT2D eigenvalue weighted by Crippen LogP contribution is -2.61. The van der Waals surface area contributed by atoms with Crippen LogP contribution in [0.15, 0.2) is 165 Å². The number of hydroxylamine groups is 3. The van der Waals surface area contributed by atoms with Crippen LogP contribution in [0, 0.1) is 46.5 Å². The van der Waals surface area contributed by atoms with Gasteiger partial charge < -0.3 is 29.1 Å². The van der Waals surface area contributed by atoms with Gasteiger partial charge in [-0.25, -0.2) is 85.2 Å². The number of pyridine rings is 1. The minimum atomic E-state index is -4.93. The molecule has 3 aliphatic rings. The molecule has 5 amide bonds. The van der Waals surface area contributed by atoms with Gasteiger partial charge in [0.1, 0.15) is 35.4 Å². The zero-order valence-corrected chi connectivity index (χ0v) is 64.8. The summed E-state index contributed by atoms with van der Waals surface area (Å²) in [6.45, 7) is -1.98. The number of halogens is 11. The van der Waals surface area contributed by atoms with Crippen molar-refractivity contribution in [3.8, 4) is 40.2 Å². The van der Waals surface area contributed by atoms with Gasteiger partial charge in [-0.15, -0.1) is 0 Å². The van der Waals surface area contributed by atoms with Gasteiger partial charge in [0, 0.05) is 98.3 Å². The molecule has 0 radical (unpaired) electrons. The number of carbonyl (C=O) groups excluding carboxylic acids is 5. The van der Waals surface area contributed by atoms with Crippen molar-refractivity contribution < 1.29 is 128 Å². The van der Waals surface area contributed by atoms with Crippen molar-refractivity contribution in [1.82, 2.24) is 48.4 Å². The van der Waals surface area contributed by atoms with E-state index in [4.69, 9.17) is 49.0 Å². The molecule has 0 saturated carbocycles. The average molecular weight is 1750 g/mol. The van der Waals surface area contributed by atoms with Crippen LogP contribution in [0.1, 0.15) is 49.4 Å². The number of benzene rings is 7. The highest BCUT2D eigenvalue weighted by molar-refractivity contribution is 7.90. The Hall–Kier alpha value is -9.93. The number of phenolic OH excluding ortho intramolecular Hbond substituents is 1. The molecule has 30 nitrogen and oxygen atoms in total. The lowest BCUT2D eigenvalue weighted by atomic mass is 10.1. The Morgan fingerprint density at radius 1 is 0.426 bits per heavy atom. The molecule has 7 N–H and O–H groups in total. The van der Waals surface area contributed by atoms with Crippen LogP contribution in [-0.4, -0.2) is 193 Å². The number of ether oxygens (including phenoxy) is 3. The van der Waals surface area contributed by atoms with E-state index in [1.165, 1.54) is 124 Å². The largest absolute Gasteiger partial charge is 0.503 e. The van der Waals surface area contributed by atoms with Gasteiger partial charge in [0.15, 0.2) is 69.5 Å². The average Bonchev–Trinajstić information content (AvgIpc) is 0.761. The maximum atomic E-state index is 14.8. The topological polar surface area (TPSA) is 399 Å². The maximum absolute atomic E-state index is 14.8. The number of phenols is 1. The SMILES string of the molecule is CCCCCCC(=O)N1CCN(S(=O)(=O)c2cc(F)c(Oc3ccc(Cl)cc3)c(F)c2)[C@@H](C(=O)NO)C1.O=C(NO)[C@H]1CN(C(=O)c2ccncc2)CCN1S(=O)(=O)c1cc(F)c(Oc2ccc(Cl)cc2)c(F)c1.O=C(NO)[C@H]1CN(S(=O)(=O)c2cc(F)c(O)c(F)c2)CCN1S(=O)(=O)c1cc(F)c(Oc2ccc(Cl)cc2)c(F)c1. The third-order valence-electron chi connectivity index (χ3n) is 17.5. The molecule has 616 valence electrons. The molecule has 3 saturated heterocycles. The van der Waals surface area contributed by atoms with Crippen LogP contribution in [-0.2, 0) is 59.3 Å². The Labute approximate surface area is 665 Å². The van der Waals surface area contributed by atoms with E-state index >= 15 is 0 Å². The zero-order chi connectivity index (χ0) is 84.2. The molecule has 0 bridgehead atoms. The molecule has 11 rings (SSSR count). The van der Waals surface area contributed by atoms with E-state index in [2.05, 4.69) is 4.98 Å². The molecule has 0 aliphatic carbocycles. The second kappa shape index (κ2) is 38.2. The summed E-state index contributed by atoms with van der Waals surface area (Å²) in [4.78, 5) is 65.5. The highest BCUT2D eigenvalue weighted by Crippen LogP contribution is 2.38. The van der Waals surface area contributed by atoms with E-state index < -0.39 is 197 Å². The van der Waals surface area contributed by atoms with E-state index in [1.807, 2.05) is 6.92 Å². The number of unbranched alkanes of at least 4 members (excludes halogenated alkanes) is 3. The zero-order valence-electron chi connectivity index (χ0n) is 59.2. The molecule has 7 aromatic carbocycles. The number of sulfonamides is 4. The summed E-state index contributed by atoms with van der Waals surface area (Å²) in [7, 11) is -19.0. The van der Waals surface area contributed by atoms with Gasteiger partial charge in [-0.2, -0.15) is 17.2 Å². The normalized spacial score (nSPS) is 16.6. The van der Waals surface area contributed by atoms with Gasteiger partial charge in [-0.05, 0) is 140 Å². The van der Waals surface area contributed by atoms with Gasteiger partial charge in [-0.3, -0.25) is 44.6 Å². The number of nitrogens with one attached hydrogen (secondary N) is 3. The summed E-state index contributed by atoms with van der Waals surface area (Å²) >= 11 is 17.3. The molecule has 45 heteroatoms. The summed E-state index contributed by atoms with van der Waals surface area (Å²) < 4.78 is 240. The van der Waals surface area contributed by atoms with Crippen LogP contribution < -0.4 is 30.7 Å². The monoisotopic (exact) mass is 1750 g/mol. The first-order valence-corrected chi connectivity index (χ1v) is 40.6. The minimum Gasteiger partial charge on any atom is -0.503 e. The first-order chi connectivity index (χ1) is 54.3. The molecule has 3 fully saturated rings. The van der Waals surface area contributed by atoms with Crippen molar-refractivity contribution in [3.63, 3.8) is 0 Å². The standard InChI is InChI=1S/C24H28ClF2N3O6S.C23H18ClF4N3O8S2.C23H19ClF2N4O6S/c1-2-3-4-5-6-22(31)29-11-12-30(21(15-29)24(32)28-33)37(34,35)18-13-19(26)23(20(27)14-18)36-17-9-7-16(25)8-10-17;24-12-1-3-13(4-2-12)39-22-18(27)9-15(10-19(22)28)41(37,38)31-6-5-30(11-20(31)23(33)29-34)40(35,36)14-7-16(25)21(32)17(26)8-14;24-15-1-3-16(4-2-15)36-21-18(25)11-17(12-19(21)26)37(34,35)30-10-9-29(13-20(30)22(31)28-33)23(32)14-5-7-27-8-6-14/h7-10,13-14,21,33H,2-6,11-12,15H2,1H3,(H,28,32);1-4,7-10,20,32,34H,5-6,11H2,(H,29,33);1-8,11-12,20,33H,9-10,13H2,(H,28,31)/t21-;2*20-/m111/s1.